The highest BCUT2D eigenvalue weighted by Gasteiger charge is 2.16. The van der Waals surface area contributed by atoms with E-state index in [9.17, 15) is 5.11 Å². The van der Waals surface area contributed by atoms with Gasteiger partial charge in [-0.15, -0.1) is 0 Å². The molecule has 1 aromatic carbocycles. The maximum absolute atomic E-state index is 10.1. The van der Waals surface area contributed by atoms with Crippen molar-refractivity contribution in [2.45, 2.75) is 0 Å². The Hall–Kier alpha value is -2.25. The van der Waals surface area contributed by atoms with Crippen molar-refractivity contribution < 1.29 is 23.8 Å². The molecule has 23 heavy (non-hydrogen) atoms. The lowest BCUT2D eigenvalue weighted by Crippen LogP contribution is -2.30. The summed E-state index contributed by atoms with van der Waals surface area (Å²) in [6, 6.07) is 6.80. The number of hydrogen-bond donors (Lipinski definition) is 1. The Balaban J connectivity index is 2.20. The molecule has 2 rings (SSSR count). The molecule has 0 spiro atoms. The number of aromatic hydroxyl groups is 1. The second-order valence-corrected chi connectivity index (χ2v) is 4.91. The van der Waals surface area contributed by atoms with E-state index in [1.165, 1.54) is 6.07 Å². The molecular formula is C16H22N2O5. The van der Waals surface area contributed by atoms with E-state index >= 15 is 0 Å². The maximum atomic E-state index is 10.1. The molecule has 0 aliphatic carbocycles. The summed E-state index contributed by atoms with van der Waals surface area (Å²) in [4.78, 5) is 2.00. The molecule has 1 aromatic heterocycles. The number of anilines is 1. The summed E-state index contributed by atoms with van der Waals surface area (Å²) in [5.41, 5.74) is 0.558. The molecular weight excluding hydrogens is 300 g/mol. The van der Waals surface area contributed by atoms with Crippen molar-refractivity contribution in [3.63, 3.8) is 0 Å². The fraction of sp³-hybridized carbons (Fsp3) is 0.438. The van der Waals surface area contributed by atoms with Crippen molar-refractivity contribution in [1.82, 2.24) is 5.16 Å². The van der Waals surface area contributed by atoms with Crippen LogP contribution in [0.15, 0.2) is 28.8 Å². The van der Waals surface area contributed by atoms with Crippen LogP contribution < -0.4 is 9.64 Å². The number of ether oxygens (including phenoxy) is 3. The van der Waals surface area contributed by atoms with Crippen molar-refractivity contribution >= 4 is 5.82 Å². The van der Waals surface area contributed by atoms with E-state index in [-0.39, 0.29) is 5.75 Å². The van der Waals surface area contributed by atoms with E-state index < -0.39 is 0 Å². The molecule has 0 aliphatic rings. The van der Waals surface area contributed by atoms with Gasteiger partial charge in [0.1, 0.15) is 11.5 Å². The molecule has 0 saturated carbocycles. The van der Waals surface area contributed by atoms with Crippen LogP contribution in [0.1, 0.15) is 0 Å². The Kier molecular flexibility index (Phi) is 6.25. The first kappa shape index (κ1) is 17.1. The van der Waals surface area contributed by atoms with Crippen LogP contribution in [0.25, 0.3) is 11.3 Å². The average Bonchev–Trinajstić information content (AvgIpc) is 3.04. The number of methoxy groups -OCH3 is 3. The smallest absolute Gasteiger partial charge is 0.172 e. The number of nitrogens with zero attached hydrogens (tertiary/aromatic N) is 2. The minimum atomic E-state index is 0.0763. The zero-order valence-corrected chi connectivity index (χ0v) is 13.6. The summed E-state index contributed by atoms with van der Waals surface area (Å²) in [5, 5.41) is 14.2. The molecule has 0 bridgehead atoms. The quantitative estimate of drug-likeness (QED) is 0.758. The molecule has 7 nitrogen and oxygen atoms in total. The molecule has 126 valence electrons. The Morgan fingerprint density at radius 2 is 1.78 bits per heavy atom. The predicted molar refractivity (Wildman–Crippen MR) is 86.1 cm³/mol. The normalized spacial score (nSPS) is 10.7. The van der Waals surface area contributed by atoms with Gasteiger partial charge in [0.2, 0.25) is 0 Å². The van der Waals surface area contributed by atoms with Crippen LogP contribution in [-0.4, -0.2) is 57.9 Å². The van der Waals surface area contributed by atoms with Gasteiger partial charge in [0, 0.05) is 39.4 Å². The van der Waals surface area contributed by atoms with Gasteiger partial charge in [0.15, 0.2) is 11.6 Å². The fourth-order valence-electron chi connectivity index (χ4n) is 2.13. The van der Waals surface area contributed by atoms with Crippen LogP contribution in [0, 0.1) is 0 Å². The predicted octanol–water partition coefficient (Wildman–Crippen LogP) is 2.16. The Morgan fingerprint density at radius 1 is 1.09 bits per heavy atom. The third kappa shape index (κ3) is 4.37. The van der Waals surface area contributed by atoms with Crippen LogP contribution in [0.3, 0.4) is 0 Å². The summed E-state index contributed by atoms with van der Waals surface area (Å²) in [7, 11) is 4.85. The van der Waals surface area contributed by atoms with Gasteiger partial charge in [-0.2, -0.15) is 0 Å². The van der Waals surface area contributed by atoms with Crippen molar-refractivity contribution in [2.75, 3.05) is 52.5 Å². The lowest BCUT2D eigenvalue weighted by molar-refractivity contribution is 0.189. The molecule has 1 N–H and O–H groups in total. The molecule has 7 heteroatoms. The van der Waals surface area contributed by atoms with E-state index in [4.69, 9.17) is 18.7 Å². The third-order valence-electron chi connectivity index (χ3n) is 3.42. The van der Waals surface area contributed by atoms with Gasteiger partial charge in [-0.1, -0.05) is 5.16 Å². The van der Waals surface area contributed by atoms with Gasteiger partial charge in [-0.3, -0.25) is 0 Å². The highest BCUT2D eigenvalue weighted by atomic mass is 16.5. The second-order valence-electron chi connectivity index (χ2n) is 4.91. The molecule has 0 unspecified atom stereocenters. The van der Waals surface area contributed by atoms with E-state index in [0.29, 0.717) is 49.2 Å². The van der Waals surface area contributed by atoms with Gasteiger partial charge in [-0.05, 0) is 12.1 Å². The zero-order valence-electron chi connectivity index (χ0n) is 13.6. The largest absolute Gasteiger partial charge is 0.507 e. The van der Waals surface area contributed by atoms with E-state index in [1.54, 1.807) is 39.5 Å². The number of phenolic OH excluding ortho intramolecular Hbond substituents is 1. The first-order chi connectivity index (χ1) is 11.2. The van der Waals surface area contributed by atoms with Crippen LogP contribution >= 0.6 is 0 Å². The van der Waals surface area contributed by atoms with Gasteiger partial charge in [0.05, 0.1) is 25.9 Å². The standard InChI is InChI=1S/C16H22N2O5/c1-20-8-6-18(7-9-21-2)16-11-15(23-17-16)13-5-4-12(22-3)10-14(13)19/h4-5,10-11,19H,6-9H2,1-3H3. The topological polar surface area (TPSA) is 77.2 Å². The number of rotatable bonds is 9. The minimum Gasteiger partial charge on any atom is -0.507 e. The van der Waals surface area contributed by atoms with E-state index in [2.05, 4.69) is 5.16 Å². The lowest BCUT2D eigenvalue weighted by atomic mass is 10.1. The number of hydrogen-bond acceptors (Lipinski definition) is 7. The molecule has 1 heterocycles. The Bertz CT molecular complexity index is 606. The highest BCUT2D eigenvalue weighted by molar-refractivity contribution is 5.68. The first-order valence-electron chi connectivity index (χ1n) is 7.26. The SMILES string of the molecule is COCCN(CCOC)c1cc(-c2ccc(OC)cc2O)on1. The summed E-state index contributed by atoms with van der Waals surface area (Å²) in [6.07, 6.45) is 0. The Labute approximate surface area is 135 Å². The number of aromatic nitrogens is 1. The lowest BCUT2D eigenvalue weighted by Gasteiger charge is -2.20. The molecule has 0 aliphatic heterocycles. The van der Waals surface area contributed by atoms with Crippen molar-refractivity contribution in [1.29, 1.82) is 0 Å². The monoisotopic (exact) mass is 322 g/mol. The molecule has 0 amide bonds. The van der Waals surface area contributed by atoms with E-state index in [1.807, 2.05) is 4.90 Å². The summed E-state index contributed by atoms with van der Waals surface area (Å²) < 4.78 is 20.7. The van der Waals surface area contributed by atoms with Crippen LogP contribution in [-0.2, 0) is 9.47 Å². The summed E-state index contributed by atoms with van der Waals surface area (Å²) in [6.45, 7) is 2.47. The van der Waals surface area contributed by atoms with E-state index in [0.717, 1.165) is 0 Å². The van der Waals surface area contributed by atoms with Gasteiger partial charge >= 0.3 is 0 Å². The molecule has 0 atom stereocenters. The first-order valence-corrected chi connectivity index (χ1v) is 7.26. The second kappa shape index (κ2) is 8.40. The average molecular weight is 322 g/mol. The van der Waals surface area contributed by atoms with Crippen LogP contribution in [0.5, 0.6) is 11.5 Å². The van der Waals surface area contributed by atoms with Gasteiger partial charge in [0.25, 0.3) is 0 Å². The fourth-order valence-corrected chi connectivity index (χ4v) is 2.13. The summed E-state index contributed by atoms with van der Waals surface area (Å²) in [5.74, 6) is 1.81. The number of benzene rings is 1. The van der Waals surface area contributed by atoms with Gasteiger partial charge < -0.3 is 28.7 Å². The molecule has 2 aromatic rings. The zero-order chi connectivity index (χ0) is 16.7. The minimum absolute atomic E-state index is 0.0763. The van der Waals surface area contributed by atoms with Crippen molar-refractivity contribution in [2.24, 2.45) is 0 Å². The number of phenols is 1. The van der Waals surface area contributed by atoms with Crippen molar-refractivity contribution in [3.8, 4) is 22.8 Å². The van der Waals surface area contributed by atoms with Crippen LogP contribution in [0.4, 0.5) is 5.82 Å². The summed E-state index contributed by atoms with van der Waals surface area (Å²) >= 11 is 0. The molecule has 0 radical (unpaired) electrons. The maximum Gasteiger partial charge on any atom is 0.172 e. The van der Waals surface area contributed by atoms with Gasteiger partial charge in [-0.25, -0.2) is 0 Å². The third-order valence-corrected chi connectivity index (χ3v) is 3.42. The van der Waals surface area contributed by atoms with Crippen LogP contribution in [0.2, 0.25) is 0 Å². The van der Waals surface area contributed by atoms with Crippen molar-refractivity contribution in [3.05, 3.63) is 24.3 Å². The molecule has 0 fully saturated rings. The highest BCUT2D eigenvalue weighted by Crippen LogP contribution is 2.34. The molecule has 0 saturated heterocycles. The Morgan fingerprint density at radius 3 is 2.35 bits per heavy atom.